The first kappa shape index (κ1) is 16.1. The molecule has 1 N–H and O–H groups in total. The molecule has 0 saturated carbocycles. The highest BCUT2D eigenvalue weighted by atomic mass is 16.6. The molecule has 1 aliphatic rings. The number of para-hydroxylation sites is 1. The third-order valence-corrected chi connectivity index (χ3v) is 4.50. The van der Waals surface area contributed by atoms with Crippen LogP contribution < -0.4 is 4.74 Å². The molecule has 2 heterocycles. The van der Waals surface area contributed by atoms with Crippen LogP contribution in [0, 0.1) is 0 Å². The van der Waals surface area contributed by atoms with Crippen molar-refractivity contribution in [3.63, 3.8) is 0 Å². The number of phenols is 1. The van der Waals surface area contributed by atoms with Crippen molar-refractivity contribution in [1.29, 1.82) is 0 Å². The second-order valence-electron chi connectivity index (χ2n) is 6.32. The van der Waals surface area contributed by atoms with Crippen LogP contribution in [0.25, 0.3) is 10.9 Å². The van der Waals surface area contributed by atoms with Crippen LogP contribution in [0.4, 0.5) is 0 Å². The number of hydrogen-bond donors (Lipinski definition) is 1. The zero-order chi connectivity index (χ0) is 18.1. The highest BCUT2D eigenvalue weighted by Crippen LogP contribution is 2.39. The third kappa shape index (κ3) is 2.77. The molecule has 5 heteroatoms. The molecule has 1 unspecified atom stereocenters. The summed E-state index contributed by atoms with van der Waals surface area (Å²) in [5.74, 6) is 0.0239. The summed E-state index contributed by atoms with van der Waals surface area (Å²) in [7, 11) is 0. The minimum absolute atomic E-state index is 0.0893. The largest absolute Gasteiger partial charge is 0.506 e. The molecule has 5 nitrogen and oxygen atoms in total. The molecule has 1 aromatic heterocycles. The summed E-state index contributed by atoms with van der Waals surface area (Å²) in [6, 6.07) is 18.2. The molecule has 1 saturated heterocycles. The van der Waals surface area contributed by atoms with Crippen molar-refractivity contribution in [2.75, 3.05) is 6.61 Å². The average Bonchev–Trinajstić information content (AvgIpc) is 2.96. The standard InChI is InChI=1S/C21H17NO4/c1-14-12-21(26-20(14)24,16-7-3-2-4-8-16)13-25-18-11-10-15-6-5-9-17(23)19(15)22-18/h2-11,23H,1,12-13H2. The zero-order valence-electron chi connectivity index (χ0n) is 14.0. The summed E-state index contributed by atoms with van der Waals surface area (Å²) in [5, 5.41) is 10.8. The van der Waals surface area contributed by atoms with Crippen molar-refractivity contribution in [1.82, 2.24) is 4.98 Å². The Morgan fingerprint density at radius 2 is 1.92 bits per heavy atom. The van der Waals surface area contributed by atoms with Gasteiger partial charge < -0.3 is 14.6 Å². The molecule has 1 aliphatic heterocycles. The molecule has 0 bridgehead atoms. The molecule has 130 valence electrons. The molecular weight excluding hydrogens is 330 g/mol. The number of cyclic esters (lactones) is 1. The molecule has 0 aliphatic carbocycles. The van der Waals surface area contributed by atoms with Crippen molar-refractivity contribution in [2.45, 2.75) is 12.0 Å². The molecule has 1 atom stereocenters. The van der Waals surface area contributed by atoms with E-state index >= 15 is 0 Å². The fraction of sp³-hybridized carbons (Fsp3) is 0.143. The van der Waals surface area contributed by atoms with Gasteiger partial charge in [0.2, 0.25) is 5.88 Å². The summed E-state index contributed by atoms with van der Waals surface area (Å²) in [4.78, 5) is 16.3. The number of nitrogens with zero attached hydrogens (tertiary/aromatic N) is 1. The normalized spacial score (nSPS) is 19.5. The van der Waals surface area contributed by atoms with Gasteiger partial charge in [-0.2, -0.15) is 0 Å². The van der Waals surface area contributed by atoms with Crippen LogP contribution in [-0.2, 0) is 15.1 Å². The summed E-state index contributed by atoms with van der Waals surface area (Å²) in [6.07, 6.45) is 0.356. The Labute approximate surface area is 150 Å². The number of aromatic hydroxyl groups is 1. The minimum atomic E-state index is -0.926. The van der Waals surface area contributed by atoms with Gasteiger partial charge in [0, 0.05) is 23.4 Å². The number of fused-ring (bicyclic) bond motifs is 1. The molecule has 0 radical (unpaired) electrons. The zero-order valence-corrected chi connectivity index (χ0v) is 14.0. The molecule has 4 rings (SSSR count). The predicted molar refractivity (Wildman–Crippen MR) is 96.9 cm³/mol. The van der Waals surface area contributed by atoms with Crippen molar-refractivity contribution < 1.29 is 19.4 Å². The van der Waals surface area contributed by atoms with Crippen LogP contribution in [0.3, 0.4) is 0 Å². The quantitative estimate of drug-likeness (QED) is 0.575. The van der Waals surface area contributed by atoms with Gasteiger partial charge in [0.15, 0.2) is 5.60 Å². The van der Waals surface area contributed by atoms with E-state index in [0.717, 1.165) is 10.9 Å². The van der Waals surface area contributed by atoms with Crippen molar-refractivity contribution >= 4 is 16.9 Å². The smallest absolute Gasteiger partial charge is 0.334 e. The number of ether oxygens (including phenoxy) is 2. The minimum Gasteiger partial charge on any atom is -0.506 e. The fourth-order valence-corrected chi connectivity index (χ4v) is 3.15. The lowest BCUT2D eigenvalue weighted by molar-refractivity contribution is -0.150. The van der Waals surface area contributed by atoms with E-state index in [9.17, 15) is 9.90 Å². The number of esters is 1. The van der Waals surface area contributed by atoms with E-state index in [0.29, 0.717) is 23.4 Å². The Morgan fingerprint density at radius 1 is 1.12 bits per heavy atom. The van der Waals surface area contributed by atoms with Gasteiger partial charge in [-0.1, -0.05) is 49.0 Å². The lowest BCUT2D eigenvalue weighted by Crippen LogP contribution is -2.33. The fourth-order valence-electron chi connectivity index (χ4n) is 3.15. The number of carbonyl (C=O) groups excluding carboxylic acids is 1. The van der Waals surface area contributed by atoms with E-state index in [2.05, 4.69) is 11.6 Å². The van der Waals surface area contributed by atoms with E-state index in [4.69, 9.17) is 9.47 Å². The monoisotopic (exact) mass is 347 g/mol. The molecule has 26 heavy (non-hydrogen) atoms. The summed E-state index contributed by atoms with van der Waals surface area (Å²) >= 11 is 0. The molecule has 0 spiro atoms. The van der Waals surface area contributed by atoms with Crippen LogP contribution in [-0.4, -0.2) is 22.7 Å². The molecule has 2 aromatic carbocycles. The molecule has 1 fully saturated rings. The maximum absolute atomic E-state index is 12.0. The number of phenolic OH excluding ortho intramolecular Hbond substituents is 1. The van der Waals surface area contributed by atoms with Crippen LogP contribution in [0.15, 0.2) is 72.8 Å². The second kappa shape index (κ2) is 6.19. The molecule has 0 amide bonds. The van der Waals surface area contributed by atoms with E-state index in [-0.39, 0.29) is 12.4 Å². The average molecular weight is 347 g/mol. The first-order valence-electron chi connectivity index (χ1n) is 8.26. The highest BCUT2D eigenvalue weighted by molar-refractivity contribution is 5.90. The first-order valence-corrected chi connectivity index (χ1v) is 8.26. The number of aromatic nitrogens is 1. The second-order valence-corrected chi connectivity index (χ2v) is 6.32. The van der Waals surface area contributed by atoms with Gasteiger partial charge >= 0.3 is 5.97 Å². The number of carbonyl (C=O) groups is 1. The number of rotatable bonds is 4. The van der Waals surface area contributed by atoms with Gasteiger partial charge in [0.1, 0.15) is 17.9 Å². The van der Waals surface area contributed by atoms with Gasteiger partial charge in [-0.25, -0.2) is 9.78 Å². The Hall–Kier alpha value is -3.34. The van der Waals surface area contributed by atoms with Crippen LogP contribution in [0.5, 0.6) is 11.6 Å². The van der Waals surface area contributed by atoms with Crippen LogP contribution >= 0.6 is 0 Å². The third-order valence-electron chi connectivity index (χ3n) is 4.50. The topological polar surface area (TPSA) is 68.7 Å². The van der Waals surface area contributed by atoms with E-state index in [1.54, 1.807) is 18.2 Å². The summed E-state index contributed by atoms with van der Waals surface area (Å²) in [6.45, 7) is 3.89. The molecule has 3 aromatic rings. The lowest BCUT2D eigenvalue weighted by atomic mass is 9.90. The Morgan fingerprint density at radius 3 is 2.65 bits per heavy atom. The summed E-state index contributed by atoms with van der Waals surface area (Å²) in [5.41, 5.74) is 0.800. The predicted octanol–water partition coefficient (Wildman–Crippen LogP) is 3.72. The number of benzene rings is 2. The van der Waals surface area contributed by atoms with E-state index in [1.807, 2.05) is 42.5 Å². The van der Waals surface area contributed by atoms with Crippen molar-refractivity contribution in [2.24, 2.45) is 0 Å². The van der Waals surface area contributed by atoms with Gasteiger partial charge in [-0.05, 0) is 17.7 Å². The highest BCUT2D eigenvalue weighted by Gasteiger charge is 2.45. The SMILES string of the molecule is C=C1CC(COc2ccc3cccc(O)c3n2)(c2ccccc2)OC1=O. The Balaban J connectivity index is 1.65. The summed E-state index contributed by atoms with van der Waals surface area (Å²) < 4.78 is 11.5. The van der Waals surface area contributed by atoms with Crippen LogP contribution in [0.1, 0.15) is 12.0 Å². The maximum Gasteiger partial charge on any atom is 0.334 e. The molecular formula is C21H17NO4. The van der Waals surface area contributed by atoms with Gasteiger partial charge in [-0.3, -0.25) is 0 Å². The van der Waals surface area contributed by atoms with Crippen molar-refractivity contribution in [3.8, 4) is 11.6 Å². The van der Waals surface area contributed by atoms with E-state index < -0.39 is 11.6 Å². The van der Waals surface area contributed by atoms with E-state index in [1.165, 1.54) is 0 Å². The maximum atomic E-state index is 12.0. The van der Waals surface area contributed by atoms with Crippen molar-refractivity contribution in [3.05, 3.63) is 78.4 Å². The Kier molecular flexibility index (Phi) is 3.84. The number of hydrogen-bond acceptors (Lipinski definition) is 5. The first-order chi connectivity index (χ1) is 12.6. The van der Waals surface area contributed by atoms with Crippen LogP contribution in [0.2, 0.25) is 0 Å². The lowest BCUT2D eigenvalue weighted by Gasteiger charge is -2.27. The van der Waals surface area contributed by atoms with Gasteiger partial charge in [0.05, 0.1) is 0 Å². The van der Waals surface area contributed by atoms with Gasteiger partial charge in [0.25, 0.3) is 0 Å². The van der Waals surface area contributed by atoms with Gasteiger partial charge in [-0.15, -0.1) is 0 Å². The Bertz CT molecular complexity index is 981. The number of pyridine rings is 1.